The highest BCUT2D eigenvalue weighted by Gasteiger charge is 2.08. The molecule has 0 aliphatic rings. The first-order valence-corrected chi connectivity index (χ1v) is 6.55. The molecule has 0 aliphatic heterocycles. The molecule has 3 aromatic rings. The maximum absolute atomic E-state index is 5.97. The maximum atomic E-state index is 5.97. The monoisotopic (exact) mass is 264 g/mol. The Labute approximate surface area is 117 Å². The molecule has 0 spiro atoms. The molecule has 2 aromatic heterocycles. The number of nitrogens with one attached hydrogen (secondary N) is 1. The minimum absolute atomic E-state index is 0.185. The number of rotatable bonds is 3. The summed E-state index contributed by atoms with van der Waals surface area (Å²) in [6, 6.07) is 12.0. The van der Waals surface area contributed by atoms with E-state index >= 15 is 0 Å². The van der Waals surface area contributed by atoms with Crippen LogP contribution in [0.25, 0.3) is 10.9 Å². The molecule has 0 bridgehead atoms. The van der Waals surface area contributed by atoms with Crippen molar-refractivity contribution in [1.29, 1.82) is 0 Å². The van der Waals surface area contributed by atoms with Crippen molar-refractivity contribution < 1.29 is 0 Å². The zero-order chi connectivity index (χ0) is 13.9. The molecule has 0 radical (unpaired) electrons. The van der Waals surface area contributed by atoms with E-state index in [-0.39, 0.29) is 6.04 Å². The topological polar surface area (TPSA) is 63.8 Å². The number of pyridine rings is 2. The fraction of sp³-hybridized carbons (Fsp3) is 0.125. The van der Waals surface area contributed by atoms with Gasteiger partial charge in [-0.25, -0.2) is 0 Å². The largest absolute Gasteiger partial charge is 0.397 e. The molecule has 0 aliphatic carbocycles. The molecule has 0 saturated heterocycles. The lowest BCUT2D eigenvalue weighted by Crippen LogP contribution is -2.07. The Morgan fingerprint density at radius 3 is 2.65 bits per heavy atom. The van der Waals surface area contributed by atoms with Crippen molar-refractivity contribution in [3.05, 3.63) is 60.6 Å². The van der Waals surface area contributed by atoms with Gasteiger partial charge in [0.1, 0.15) is 0 Å². The lowest BCUT2D eigenvalue weighted by Gasteiger charge is -2.17. The Kier molecular flexibility index (Phi) is 3.21. The average Bonchev–Trinajstić information content (AvgIpc) is 2.49. The van der Waals surface area contributed by atoms with Gasteiger partial charge in [0.25, 0.3) is 0 Å². The second kappa shape index (κ2) is 5.17. The number of aromatic nitrogens is 2. The van der Waals surface area contributed by atoms with Crippen LogP contribution in [0.5, 0.6) is 0 Å². The van der Waals surface area contributed by atoms with Gasteiger partial charge in [-0.3, -0.25) is 9.97 Å². The number of nitrogens with two attached hydrogens (primary N) is 1. The SMILES string of the molecule is CC(Nc1ccnc2c(N)cccc12)c1ccncc1. The van der Waals surface area contributed by atoms with Crippen LogP contribution in [0.2, 0.25) is 0 Å². The molecule has 0 amide bonds. The molecule has 1 atom stereocenters. The quantitative estimate of drug-likeness (QED) is 0.712. The van der Waals surface area contributed by atoms with Crippen molar-refractivity contribution in [3.63, 3.8) is 0 Å². The van der Waals surface area contributed by atoms with E-state index < -0.39 is 0 Å². The standard InChI is InChI=1S/C16H16N4/c1-11(12-5-8-18-9-6-12)20-15-7-10-19-16-13(15)3-2-4-14(16)17/h2-11H,17H2,1H3,(H,19,20). The molecule has 4 heteroatoms. The van der Waals surface area contributed by atoms with Crippen LogP contribution >= 0.6 is 0 Å². The lowest BCUT2D eigenvalue weighted by molar-refractivity contribution is 0.882. The van der Waals surface area contributed by atoms with Gasteiger partial charge < -0.3 is 11.1 Å². The second-order valence-electron chi connectivity index (χ2n) is 4.75. The highest BCUT2D eigenvalue weighted by molar-refractivity contribution is 5.97. The summed E-state index contributed by atoms with van der Waals surface area (Å²) in [6.07, 6.45) is 5.38. The number of nitrogens with zero attached hydrogens (tertiary/aromatic N) is 2. The summed E-state index contributed by atoms with van der Waals surface area (Å²) in [5, 5.41) is 4.54. The van der Waals surface area contributed by atoms with Crippen molar-refractivity contribution in [1.82, 2.24) is 9.97 Å². The molecule has 3 N–H and O–H groups in total. The Bertz CT molecular complexity index is 725. The molecule has 0 saturated carbocycles. The molecule has 4 nitrogen and oxygen atoms in total. The molecule has 3 rings (SSSR count). The number of hydrogen-bond acceptors (Lipinski definition) is 4. The minimum atomic E-state index is 0.185. The Hall–Kier alpha value is -2.62. The van der Waals surface area contributed by atoms with Crippen molar-refractivity contribution in [2.24, 2.45) is 0 Å². The van der Waals surface area contributed by atoms with Crippen LogP contribution in [-0.2, 0) is 0 Å². The van der Waals surface area contributed by atoms with E-state index in [1.165, 1.54) is 5.56 Å². The van der Waals surface area contributed by atoms with Gasteiger partial charge in [-0.15, -0.1) is 0 Å². The van der Waals surface area contributed by atoms with Crippen molar-refractivity contribution in [2.75, 3.05) is 11.1 Å². The van der Waals surface area contributed by atoms with E-state index in [0.717, 1.165) is 16.6 Å². The van der Waals surface area contributed by atoms with E-state index in [9.17, 15) is 0 Å². The molecule has 0 fully saturated rings. The normalized spacial score (nSPS) is 12.2. The van der Waals surface area contributed by atoms with E-state index in [0.29, 0.717) is 5.69 Å². The van der Waals surface area contributed by atoms with Gasteiger partial charge in [0.05, 0.1) is 11.2 Å². The lowest BCUT2D eigenvalue weighted by atomic mass is 10.1. The zero-order valence-corrected chi connectivity index (χ0v) is 11.2. The first-order chi connectivity index (χ1) is 9.75. The van der Waals surface area contributed by atoms with Crippen LogP contribution in [0, 0.1) is 0 Å². The predicted molar refractivity (Wildman–Crippen MR) is 82.4 cm³/mol. The number of nitrogen functional groups attached to an aromatic ring is 1. The van der Waals surface area contributed by atoms with Crippen LogP contribution in [0.1, 0.15) is 18.5 Å². The third kappa shape index (κ3) is 2.28. The Morgan fingerprint density at radius 2 is 1.85 bits per heavy atom. The van der Waals surface area contributed by atoms with E-state index in [1.807, 2.05) is 36.4 Å². The predicted octanol–water partition coefficient (Wildman–Crippen LogP) is 3.39. The Morgan fingerprint density at radius 1 is 1.05 bits per heavy atom. The highest BCUT2D eigenvalue weighted by Crippen LogP contribution is 2.28. The third-order valence-corrected chi connectivity index (χ3v) is 3.38. The van der Waals surface area contributed by atoms with Crippen LogP contribution in [0.4, 0.5) is 11.4 Å². The van der Waals surface area contributed by atoms with Crippen LogP contribution in [0.15, 0.2) is 55.0 Å². The molecule has 20 heavy (non-hydrogen) atoms. The molecule has 100 valence electrons. The summed E-state index contributed by atoms with van der Waals surface area (Å²) in [6.45, 7) is 2.12. The molecule has 1 unspecified atom stereocenters. The second-order valence-corrected chi connectivity index (χ2v) is 4.75. The van der Waals surface area contributed by atoms with Gasteiger partial charge in [0.15, 0.2) is 0 Å². The van der Waals surface area contributed by atoms with E-state index in [2.05, 4.69) is 22.2 Å². The number of para-hydroxylation sites is 1. The number of benzene rings is 1. The van der Waals surface area contributed by atoms with Crippen molar-refractivity contribution >= 4 is 22.3 Å². The zero-order valence-electron chi connectivity index (χ0n) is 11.2. The van der Waals surface area contributed by atoms with Crippen LogP contribution in [-0.4, -0.2) is 9.97 Å². The number of anilines is 2. The first kappa shape index (κ1) is 12.4. The van der Waals surface area contributed by atoms with Crippen LogP contribution in [0.3, 0.4) is 0 Å². The molecule has 2 heterocycles. The minimum Gasteiger partial charge on any atom is -0.397 e. The summed E-state index contributed by atoms with van der Waals surface area (Å²) in [4.78, 5) is 8.39. The third-order valence-electron chi connectivity index (χ3n) is 3.38. The smallest absolute Gasteiger partial charge is 0.0951 e. The fourth-order valence-electron chi connectivity index (χ4n) is 2.29. The van der Waals surface area contributed by atoms with Gasteiger partial charge in [-0.2, -0.15) is 0 Å². The van der Waals surface area contributed by atoms with Crippen LogP contribution < -0.4 is 11.1 Å². The number of hydrogen-bond donors (Lipinski definition) is 2. The van der Waals surface area contributed by atoms with E-state index in [1.54, 1.807) is 18.6 Å². The summed E-state index contributed by atoms with van der Waals surface area (Å²) in [5.74, 6) is 0. The highest BCUT2D eigenvalue weighted by atomic mass is 14.9. The van der Waals surface area contributed by atoms with Gasteiger partial charge in [0.2, 0.25) is 0 Å². The molecule has 1 aromatic carbocycles. The number of fused-ring (bicyclic) bond motifs is 1. The maximum Gasteiger partial charge on any atom is 0.0951 e. The van der Waals surface area contributed by atoms with Crippen molar-refractivity contribution in [2.45, 2.75) is 13.0 Å². The summed E-state index contributed by atoms with van der Waals surface area (Å²) in [7, 11) is 0. The first-order valence-electron chi connectivity index (χ1n) is 6.55. The molecular weight excluding hydrogens is 248 g/mol. The summed E-state index contributed by atoms with van der Waals surface area (Å²) >= 11 is 0. The van der Waals surface area contributed by atoms with E-state index in [4.69, 9.17) is 5.73 Å². The van der Waals surface area contributed by atoms with Crippen molar-refractivity contribution in [3.8, 4) is 0 Å². The summed E-state index contributed by atoms with van der Waals surface area (Å²) in [5.41, 5.74) is 9.72. The Balaban J connectivity index is 1.97. The van der Waals surface area contributed by atoms with Gasteiger partial charge in [-0.05, 0) is 36.8 Å². The fourth-order valence-corrected chi connectivity index (χ4v) is 2.29. The summed E-state index contributed by atoms with van der Waals surface area (Å²) < 4.78 is 0. The van der Waals surface area contributed by atoms with Gasteiger partial charge in [-0.1, -0.05) is 12.1 Å². The van der Waals surface area contributed by atoms with Gasteiger partial charge >= 0.3 is 0 Å². The van der Waals surface area contributed by atoms with Gasteiger partial charge in [0, 0.05) is 35.7 Å². The molecular formula is C16H16N4. The average molecular weight is 264 g/mol.